The van der Waals surface area contributed by atoms with Crippen molar-refractivity contribution in [3.8, 4) is 0 Å². The normalized spacial score (nSPS) is 14.0. The lowest BCUT2D eigenvalue weighted by molar-refractivity contribution is -0.116. The molecule has 0 saturated carbocycles. The lowest BCUT2D eigenvalue weighted by Crippen LogP contribution is -2.39. The first-order valence-electron chi connectivity index (χ1n) is 9.16. The van der Waals surface area contributed by atoms with Crippen LogP contribution in [0.3, 0.4) is 0 Å². The first-order valence-corrected chi connectivity index (χ1v) is 9.97. The summed E-state index contributed by atoms with van der Waals surface area (Å²) in [5.41, 5.74) is 1.04. The summed E-state index contributed by atoms with van der Waals surface area (Å²) in [6, 6.07) is 7.43. The van der Waals surface area contributed by atoms with Crippen molar-refractivity contribution < 1.29 is 4.79 Å². The van der Waals surface area contributed by atoms with E-state index in [9.17, 15) is 14.4 Å². The zero-order valence-electron chi connectivity index (χ0n) is 15.8. The molecule has 0 atom stereocenters. The molecule has 0 radical (unpaired) electrons. The van der Waals surface area contributed by atoms with Crippen LogP contribution in [-0.4, -0.2) is 33.1 Å². The van der Waals surface area contributed by atoms with Gasteiger partial charge in [0.15, 0.2) is 10.8 Å². The SMILES string of the molecule is Cc1cccc(NC(=O)Cn2c(=O)n(C)c(=O)c3sc(N4CCCC4)nc32)c1. The third-order valence-electron chi connectivity index (χ3n) is 4.85. The Kier molecular flexibility index (Phi) is 4.76. The second-order valence-electron chi connectivity index (χ2n) is 6.99. The van der Waals surface area contributed by atoms with E-state index in [1.165, 1.54) is 23.0 Å². The monoisotopic (exact) mass is 399 g/mol. The molecule has 28 heavy (non-hydrogen) atoms. The molecule has 8 nitrogen and oxygen atoms in total. The highest BCUT2D eigenvalue weighted by Gasteiger charge is 2.22. The molecule has 9 heteroatoms. The number of aromatic nitrogens is 3. The minimum absolute atomic E-state index is 0.208. The number of anilines is 2. The first-order chi connectivity index (χ1) is 13.4. The van der Waals surface area contributed by atoms with Crippen molar-refractivity contribution in [3.63, 3.8) is 0 Å². The third-order valence-corrected chi connectivity index (χ3v) is 5.94. The minimum Gasteiger partial charge on any atom is -0.348 e. The summed E-state index contributed by atoms with van der Waals surface area (Å²) in [7, 11) is 1.42. The summed E-state index contributed by atoms with van der Waals surface area (Å²) in [5, 5.41) is 3.52. The van der Waals surface area contributed by atoms with Crippen LogP contribution in [-0.2, 0) is 18.4 Å². The summed E-state index contributed by atoms with van der Waals surface area (Å²) in [5.74, 6) is -0.344. The molecule has 0 aliphatic carbocycles. The summed E-state index contributed by atoms with van der Waals surface area (Å²) >= 11 is 1.28. The third kappa shape index (κ3) is 3.33. The van der Waals surface area contributed by atoms with Gasteiger partial charge in [0.25, 0.3) is 5.56 Å². The smallest absolute Gasteiger partial charge is 0.332 e. The Balaban J connectivity index is 1.72. The molecule has 1 amide bonds. The van der Waals surface area contributed by atoms with Crippen molar-refractivity contribution in [2.75, 3.05) is 23.3 Å². The van der Waals surface area contributed by atoms with Gasteiger partial charge < -0.3 is 10.2 Å². The molecule has 0 spiro atoms. The van der Waals surface area contributed by atoms with Gasteiger partial charge in [0.05, 0.1) is 0 Å². The minimum atomic E-state index is -0.546. The van der Waals surface area contributed by atoms with E-state index >= 15 is 0 Å². The molecule has 0 unspecified atom stereocenters. The zero-order valence-corrected chi connectivity index (χ0v) is 16.6. The van der Waals surface area contributed by atoms with Crippen LogP contribution < -0.4 is 21.5 Å². The maximum absolute atomic E-state index is 12.7. The van der Waals surface area contributed by atoms with E-state index in [2.05, 4.69) is 15.2 Å². The predicted molar refractivity (Wildman–Crippen MR) is 110 cm³/mol. The molecule has 1 fully saturated rings. The molecule has 146 valence electrons. The second kappa shape index (κ2) is 7.23. The van der Waals surface area contributed by atoms with Gasteiger partial charge in [-0.15, -0.1) is 0 Å². The fourth-order valence-electron chi connectivity index (χ4n) is 3.39. The van der Waals surface area contributed by atoms with Crippen LogP contribution in [0.4, 0.5) is 10.8 Å². The quantitative estimate of drug-likeness (QED) is 0.721. The van der Waals surface area contributed by atoms with Gasteiger partial charge in [0.2, 0.25) is 5.91 Å². The van der Waals surface area contributed by atoms with Crippen LogP contribution in [0.5, 0.6) is 0 Å². The van der Waals surface area contributed by atoms with E-state index in [1.54, 1.807) is 6.07 Å². The number of amides is 1. The Hall–Kier alpha value is -2.94. The van der Waals surface area contributed by atoms with Gasteiger partial charge in [-0.2, -0.15) is 0 Å². The Morgan fingerprint density at radius 3 is 2.71 bits per heavy atom. The Morgan fingerprint density at radius 1 is 1.25 bits per heavy atom. The predicted octanol–water partition coefficient (Wildman–Crippen LogP) is 1.70. The number of aryl methyl sites for hydroxylation is 1. The molecule has 1 saturated heterocycles. The molecule has 1 N–H and O–H groups in total. The maximum Gasteiger partial charge on any atom is 0.332 e. The summed E-state index contributed by atoms with van der Waals surface area (Å²) in [6.45, 7) is 3.50. The number of nitrogens with zero attached hydrogens (tertiary/aromatic N) is 4. The van der Waals surface area contributed by atoms with E-state index < -0.39 is 5.69 Å². The number of carbonyl (C=O) groups excluding carboxylic acids is 1. The van der Waals surface area contributed by atoms with Crippen LogP contribution >= 0.6 is 11.3 Å². The molecular weight excluding hydrogens is 378 g/mol. The Morgan fingerprint density at radius 2 is 2.00 bits per heavy atom. The Labute approximate surface area is 165 Å². The topological polar surface area (TPSA) is 89.2 Å². The number of hydrogen-bond acceptors (Lipinski definition) is 6. The van der Waals surface area contributed by atoms with Gasteiger partial charge in [0, 0.05) is 25.8 Å². The number of thiazole rings is 1. The molecule has 0 bridgehead atoms. The van der Waals surface area contributed by atoms with Crippen molar-refractivity contribution in [1.82, 2.24) is 14.1 Å². The van der Waals surface area contributed by atoms with Crippen LogP contribution in [0.25, 0.3) is 10.3 Å². The highest BCUT2D eigenvalue weighted by atomic mass is 32.1. The van der Waals surface area contributed by atoms with Crippen LogP contribution in [0.2, 0.25) is 0 Å². The Bertz CT molecular complexity index is 1170. The number of rotatable bonds is 4. The lowest BCUT2D eigenvalue weighted by atomic mass is 10.2. The number of nitrogens with one attached hydrogen (secondary N) is 1. The van der Waals surface area contributed by atoms with Crippen molar-refractivity contribution in [1.29, 1.82) is 0 Å². The van der Waals surface area contributed by atoms with Gasteiger partial charge in [-0.3, -0.25) is 18.7 Å². The number of hydrogen-bond donors (Lipinski definition) is 1. The maximum atomic E-state index is 12.7. The van der Waals surface area contributed by atoms with E-state index in [4.69, 9.17) is 0 Å². The summed E-state index contributed by atoms with van der Waals surface area (Å²) in [6.07, 6.45) is 2.17. The standard InChI is InChI=1S/C19H21N5O3S/c1-12-6-5-7-13(10-12)20-14(25)11-24-16-15(17(26)22(2)19(24)27)28-18(21-16)23-8-3-4-9-23/h5-7,10H,3-4,8-9,11H2,1-2H3,(H,20,25). The molecule has 4 rings (SSSR count). The summed E-state index contributed by atoms with van der Waals surface area (Å²) < 4.78 is 2.71. The van der Waals surface area contributed by atoms with Crippen LogP contribution in [0.1, 0.15) is 18.4 Å². The molecule has 1 aliphatic heterocycles. The fraction of sp³-hybridized carbons (Fsp3) is 0.368. The van der Waals surface area contributed by atoms with E-state index in [1.807, 2.05) is 25.1 Å². The van der Waals surface area contributed by atoms with Crippen molar-refractivity contribution in [2.45, 2.75) is 26.3 Å². The highest BCUT2D eigenvalue weighted by molar-refractivity contribution is 7.22. The molecule has 3 heterocycles. The van der Waals surface area contributed by atoms with Gasteiger partial charge >= 0.3 is 5.69 Å². The van der Waals surface area contributed by atoms with Crippen molar-refractivity contribution in [2.24, 2.45) is 7.05 Å². The van der Waals surface area contributed by atoms with Gasteiger partial charge in [-0.25, -0.2) is 9.78 Å². The first kappa shape index (κ1) is 18.4. The lowest BCUT2D eigenvalue weighted by Gasteiger charge is -2.12. The van der Waals surface area contributed by atoms with Gasteiger partial charge in [0.1, 0.15) is 11.2 Å². The van der Waals surface area contributed by atoms with Crippen molar-refractivity contribution >= 4 is 38.4 Å². The van der Waals surface area contributed by atoms with E-state index in [0.717, 1.165) is 41.2 Å². The fourth-order valence-corrected chi connectivity index (χ4v) is 4.49. The van der Waals surface area contributed by atoms with Crippen LogP contribution in [0.15, 0.2) is 33.9 Å². The van der Waals surface area contributed by atoms with Gasteiger partial charge in [-0.1, -0.05) is 23.5 Å². The average molecular weight is 399 g/mol. The largest absolute Gasteiger partial charge is 0.348 e. The van der Waals surface area contributed by atoms with E-state index in [-0.39, 0.29) is 23.7 Å². The second-order valence-corrected chi connectivity index (χ2v) is 7.97. The zero-order chi connectivity index (χ0) is 19.8. The average Bonchev–Trinajstić information content (AvgIpc) is 3.33. The molecule has 1 aliphatic rings. The van der Waals surface area contributed by atoms with Crippen LogP contribution in [0, 0.1) is 6.92 Å². The van der Waals surface area contributed by atoms with Crippen molar-refractivity contribution in [3.05, 3.63) is 50.7 Å². The van der Waals surface area contributed by atoms with E-state index in [0.29, 0.717) is 10.4 Å². The highest BCUT2D eigenvalue weighted by Crippen LogP contribution is 2.28. The number of carbonyl (C=O) groups is 1. The van der Waals surface area contributed by atoms with Gasteiger partial charge in [-0.05, 0) is 37.5 Å². The molecule has 2 aromatic heterocycles. The molecule has 3 aromatic rings. The summed E-state index contributed by atoms with van der Waals surface area (Å²) in [4.78, 5) is 44.4. The molecular formula is C19H21N5O3S. The number of benzene rings is 1. The molecule has 1 aromatic carbocycles. The number of fused-ring (bicyclic) bond motifs is 1.